The van der Waals surface area contributed by atoms with Gasteiger partial charge in [-0.3, -0.25) is 4.79 Å². The van der Waals surface area contributed by atoms with Gasteiger partial charge >= 0.3 is 5.97 Å². The number of thioether (sulfide) groups is 1. The van der Waals surface area contributed by atoms with Gasteiger partial charge in [0.15, 0.2) is 0 Å². The van der Waals surface area contributed by atoms with E-state index in [1.54, 1.807) is 18.9 Å². The lowest BCUT2D eigenvalue weighted by Gasteiger charge is -2.34. The van der Waals surface area contributed by atoms with Crippen molar-refractivity contribution in [3.63, 3.8) is 0 Å². The van der Waals surface area contributed by atoms with E-state index < -0.39 is 11.5 Å². The third kappa shape index (κ3) is 4.41. The number of aliphatic carboxylic acids is 1. The number of amides is 1. The van der Waals surface area contributed by atoms with Gasteiger partial charge in [-0.25, -0.2) is 4.79 Å². The zero-order valence-electron chi connectivity index (χ0n) is 13.5. The Balaban J connectivity index is 1.99. The van der Waals surface area contributed by atoms with Crippen molar-refractivity contribution in [1.82, 2.24) is 5.32 Å². The van der Waals surface area contributed by atoms with Gasteiger partial charge in [0.25, 0.3) is 0 Å². The number of hydrogen-bond acceptors (Lipinski definition) is 4. The van der Waals surface area contributed by atoms with Crippen LogP contribution < -0.4 is 10.1 Å². The number of carbonyl (C=O) groups excluding carboxylic acids is 1. The normalized spacial score (nSPS) is 18.0. The number of rotatable bonds is 6. The predicted octanol–water partition coefficient (Wildman–Crippen LogP) is 2.34. The molecule has 1 aromatic rings. The minimum Gasteiger partial charge on any atom is -0.497 e. The van der Waals surface area contributed by atoms with Crippen molar-refractivity contribution in [2.45, 2.75) is 31.7 Å². The van der Waals surface area contributed by atoms with Crippen molar-refractivity contribution in [3.05, 3.63) is 29.8 Å². The number of methoxy groups -OCH3 is 1. The van der Waals surface area contributed by atoms with E-state index in [2.05, 4.69) is 5.32 Å². The molecule has 0 saturated carbocycles. The summed E-state index contributed by atoms with van der Waals surface area (Å²) in [5.41, 5.74) is -0.0757. The quantitative estimate of drug-likeness (QED) is 0.833. The highest BCUT2D eigenvalue weighted by Crippen LogP contribution is 2.28. The Morgan fingerprint density at radius 3 is 2.43 bits per heavy atom. The molecule has 0 spiro atoms. The second-order valence-corrected chi connectivity index (χ2v) is 7.17. The Morgan fingerprint density at radius 2 is 1.91 bits per heavy atom. The van der Waals surface area contributed by atoms with Crippen LogP contribution in [0, 0.1) is 5.92 Å². The van der Waals surface area contributed by atoms with Gasteiger partial charge in [-0.15, -0.1) is 0 Å². The van der Waals surface area contributed by atoms with E-state index in [4.69, 9.17) is 4.74 Å². The molecule has 1 heterocycles. The van der Waals surface area contributed by atoms with Crippen LogP contribution in [0.2, 0.25) is 0 Å². The molecule has 5 nitrogen and oxygen atoms in total. The van der Waals surface area contributed by atoms with Crippen molar-refractivity contribution in [2.75, 3.05) is 18.6 Å². The smallest absolute Gasteiger partial charge is 0.329 e. The van der Waals surface area contributed by atoms with Crippen LogP contribution in [0.25, 0.3) is 0 Å². The molecule has 23 heavy (non-hydrogen) atoms. The van der Waals surface area contributed by atoms with Crippen LogP contribution in [0.3, 0.4) is 0 Å². The molecule has 1 fully saturated rings. The highest BCUT2D eigenvalue weighted by Gasteiger charge is 2.41. The Bertz CT molecular complexity index is 552. The fraction of sp³-hybridized carbons (Fsp3) is 0.529. The molecule has 0 radical (unpaired) electrons. The average Bonchev–Trinajstić information content (AvgIpc) is 2.56. The number of carbonyl (C=O) groups is 2. The lowest BCUT2D eigenvalue weighted by molar-refractivity contribution is -0.148. The maximum Gasteiger partial charge on any atom is 0.329 e. The number of benzene rings is 1. The Kier molecular flexibility index (Phi) is 5.93. The van der Waals surface area contributed by atoms with Crippen LogP contribution in [-0.4, -0.2) is 41.1 Å². The van der Waals surface area contributed by atoms with Crippen LogP contribution in [0.1, 0.15) is 25.3 Å². The van der Waals surface area contributed by atoms with Gasteiger partial charge in [-0.2, -0.15) is 11.8 Å². The molecule has 1 aliphatic heterocycles. The van der Waals surface area contributed by atoms with Gasteiger partial charge in [-0.05, 0) is 48.5 Å². The lowest BCUT2D eigenvalue weighted by atomic mass is 9.90. The maximum absolute atomic E-state index is 12.4. The molecule has 1 aliphatic rings. The second-order valence-electron chi connectivity index (χ2n) is 5.94. The van der Waals surface area contributed by atoms with Crippen LogP contribution in [0.5, 0.6) is 5.75 Å². The van der Waals surface area contributed by atoms with Gasteiger partial charge in [0, 0.05) is 5.92 Å². The van der Waals surface area contributed by atoms with Gasteiger partial charge in [0.05, 0.1) is 7.11 Å². The van der Waals surface area contributed by atoms with Gasteiger partial charge in [-0.1, -0.05) is 19.1 Å². The monoisotopic (exact) mass is 337 g/mol. The molecule has 2 N–H and O–H groups in total. The summed E-state index contributed by atoms with van der Waals surface area (Å²) in [7, 11) is 1.61. The fourth-order valence-electron chi connectivity index (χ4n) is 2.68. The topological polar surface area (TPSA) is 75.6 Å². The summed E-state index contributed by atoms with van der Waals surface area (Å²) in [5.74, 6) is 0.890. The zero-order chi connectivity index (χ0) is 16.9. The predicted molar refractivity (Wildman–Crippen MR) is 90.9 cm³/mol. The number of ether oxygens (including phenoxy) is 1. The molecular weight excluding hydrogens is 314 g/mol. The number of nitrogens with one attached hydrogen (secondary N) is 1. The van der Waals surface area contributed by atoms with Crippen LogP contribution in [0.4, 0.5) is 0 Å². The molecule has 1 amide bonds. The number of carboxylic acid groups (broad SMARTS) is 1. The first-order chi connectivity index (χ1) is 11.0. The Morgan fingerprint density at radius 1 is 1.30 bits per heavy atom. The first kappa shape index (κ1) is 17.7. The fourth-order valence-corrected chi connectivity index (χ4v) is 3.87. The Hall–Kier alpha value is -1.69. The maximum atomic E-state index is 12.4. The molecule has 0 bridgehead atoms. The molecule has 1 unspecified atom stereocenters. The van der Waals surface area contributed by atoms with Gasteiger partial charge in [0.1, 0.15) is 11.3 Å². The average molecular weight is 337 g/mol. The number of carboxylic acids is 1. The van der Waals surface area contributed by atoms with Crippen molar-refractivity contribution >= 4 is 23.6 Å². The van der Waals surface area contributed by atoms with Gasteiger partial charge < -0.3 is 15.2 Å². The van der Waals surface area contributed by atoms with E-state index >= 15 is 0 Å². The minimum atomic E-state index is -1.10. The van der Waals surface area contributed by atoms with Crippen molar-refractivity contribution < 1.29 is 19.4 Å². The van der Waals surface area contributed by atoms with Crippen molar-refractivity contribution in [2.24, 2.45) is 5.92 Å². The summed E-state index contributed by atoms with van der Waals surface area (Å²) >= 11 is 1.73. The van der Waals surface area contributed by atoms with E-state index in [0.717, 1.165) is 22.8 Å². The summed E-state index contributed by atoms with van der Waals surface area (Å²) in [6.07, 6.45) is 1.53. The van der Waals surface area contributed by atoms with E-state index in [1.165, 1.54) is 0 Å². The largest absolute Gasteiger partial charge is 0.497 e. The zero-order valence-corrected chi connectivity index (χ0v) is 14.3. The molecule has 126 valence electrons. The highest BCUT2D eigenvalue weighted by molar-refractivity contribution is 7.99. The van der Waals surface area contributed by atoms with E-state index in [0.29, 0.717) is 19.3 Å². The van der Waals surface area contributed by atoms with Crippen molar-refractivity contribution in [1.29, 1.82) is 0 Å². The molecular formula is C17H23NO4S. The SMILES string of the molecule is COc1ccc(CC(C)C(=O)NC2(C(=O)O)CCSCC2)cc1. The highest BCUT2D eigenvalue weighted by atomic mass is 32.2. The van der Waals surface area contributed by atoms with Gasteiger partial charge in [0.2, 0.25) is 5.91 Å². The molecule has 6 heteroatoms. The molecule has 0 aromatic heterocycles. The standard InChI is InChI=1S/C17H23NO4S/c1-12(11-13-3-5-14(22-2)6-4-13)15(19)18-17(16(20)21)7-9-23-10-8-17/h3-6,12H,7-11H2,1-2H3,(H,18,19)(H,20,21). The van der Waals surface area contributed by atoms with E-state index in [9.17, 15) is 14.7 Å². The number of hydrogen-bond donors (Lipinski definition) is 2. The summed E-state index contributed by atoms with van der Waals surface area (Å²) in [6.45, 7) is 1.83. The van der Waals surface area contributed by atoms with Crippen molar-refractivity contribution in [3.8, 4) is 5.75 Å². The molecule has 1 aromatic carbocycles. The summed E-state index contributed by atoms with van der Waals surface area (Å²) in [6, 6.07) is 7.56. The third-order valence-corrected chi connectivity index (χ3v) is 5.25. The summed E-state index contributed by atoms with van der Waals surface area (Å²) in [5, 5.41) is 12.3. The van der Waals surface area contributed by atoms with Crippen LogP contribution >= 0.6 is 11.8 Å². The molecule has 1 saturated heterocycles. The van der Waals surface area contributed by atoms with Crippen LogP contribution in [-0.2, 0) is 16.0 Å². The molecule has 0 aliphatic carbocycles. The molecule has 1 atom stereocenters. The minimum absolute atomic E-state index is 0.199. The lowest BCUT2D eigenvalue weighted by Crippen LogP contribution is -2.57. The second kappa shape index (κ2) is 7.73. The first-order valence-electron chi connectivity index (χ1n) is 7.73. The summed E-state index contributed by atoms with van der Waals surface area (Å²) < 4.78 is 5.12. The Labute approximate surface area is 140 Å². The molecule has 2 rings (SSSR count). The van der Waals surface area contributed by atoms with E-state index in [-0.39, 0.29) is 11.8 Å². The van der Waals surface area contributed by atoms with Crippen LogP contribution in [0.15, 0.2) is 24.3 Å². The summed E-state index contributed by atoms with van der Waals surface area (Å²) in [4.78, 5) is 24.1. The third-order valence-electron chi connectivity index (χ3n) is 4.27. The first-order valence-corrected chi connectivity index (χ1v) is 8.88. The van der Waals surface area contributed by atoms with E-state index in [1.807, 2.05) is 31.2 Å².